The van der Waals surface area contributed by atoms with E-state index in [-0.39, 0.29) is 17.1 Å². The van der Waals surface area contributed by atoms with E-state index in [2.05, 4.69) is 39.7 Å². The molecule has 0 radical (unpaired) electrons. The van der Waals surface area contributed by atoms with Crippen molar-refractivity contribution < 1.29 is 9.18 Å². The molecule has 2 amide bonds. The van der Waals surface area contributed by atoms with Gasteiger partial charge in [-0.05, 0) is 47.9 Å². The van der Waals surface area contributed by atoms with E-state index in [1.807, 2.05) is 24.3 Å². The molecule has 4 rings (SSSR count). The fourth-order valence-corrected chi connectivity index (χ4v) is 3.29. The van der Waals surface area contributed by atoms with Crippen molar-refractivity contribution in [1.82, 2.24) is 15.2 Å². The Bertz CT molecular complexity index is 1330. The average Bonchev–Trinajstić information content (AvgIpc) is 2.81. The molecule has 0 atom stereocenters. The number of aromatic nitrogens is 3. The molecule has 7 nitrogen and oxygen atoms in total. The third-order valence-electron chi connectivity index (χ3n) is 5.08. The standard InChI is InChI=1S/C25H22FN5O2/c1-15(2)16-7-9-17(10-8-16)22-24(32)29-23(31-30-22)20-5-3-4-6-21(20)28-25(33)27-19-13-11-18(26)12-14-19/h3-15H,1-2H3,(H2,27,28,33)(H,29,31,32). The number of carbonyl (C=O) groups is 1. The summed E-state index contributed by atoms with van der Waals surface area (Å²) in [6.45, 7) is 4.20. The van der Waals surface area contributed by atoms with Crippen LogP contribution in [0.1, 0.15) is 25.3 Å². The molecule has 0 saturated heterocycles. The van der Waals surface area contributed by atoms with Gasteiger partial charge in [0.15, 0.2) is 11.5 Å². The number of carbonyl (C=O) groups excluding carboxylic acids is 1. The second-order valence-corrected chi connectivity index (χ2v) is 7.76. The van der Waals surface area contributed by atoms with Gasteiger partial charge in [0.1, 0.15) is 5.82 Å². The molecule has 0 bridgehead atoms. The van der Waals surface area contributed by atoms with Gasteiger partial charge in [-0.3, -0.25) is 4.79 Å². The predicted molar refractivity (Wildman–Crippen MR) is 127 cm³/mol. The van der Waals surface area contributed by atoms with Crippen LogP contribution in [0, 0.1) is 5.82 Å². The Morgan fingerprint density at radius 3 is 2.27 bits per heavy atom. The zero-order chi connectivity index (χ0) is 23.4. The number of aromatic amines is 1. The molecular weight excluding hydrogens is 421 g/mol. The maximum atomic E-state index is 13.1. The van der Waals surface area contributed by atoms with Crippen LogP contribution in [0.3, 0.4) is 0 Å². The lowest BCUT2D eigenvalue weighted by atomic mass is 10.0. The summed E-state index contributed by atoms with van der Waals surface area (Å²) in [5.74, 6) is 0.212. The minimum atomic E-state index is -0.522. The highest BCUT2D eigenvalue weighted by Crippen LogP contribution is 2.25. The van der Waals surface area contributed by atoms with Crippen molar-refractivity contribution in [2.24, 2.45) is 0 Å². The van der Waals surface area contributed by atoms with E-state index < -0.39 is 11.8 Å². The smallest absolute Gasteiger partial charge is 0.308 e. The van der Waals surface area contributed by atoms with E-state index >= 15 is 0 Å². The summed E-state index contributed by atoms with van der Waals surface area (Å²) in [5.41, 5.74) is 3.03. The molecule has 0 saturated carbocycles. The highest BCUT2D eigenvalue weighted by Gasteiger charge is 2.14. The molecule has 8 heteroatoms. The first-order valence-electron chi connectivity index (χ1n) is 10.4. The Balaban J connectivity index is 1.57. The van der Waals surface area contributed by atoms with Gasteiger partial charge in [0.2, 0.25) is 0 Å². The van der Waals surface area contributed by atoms with Crippen molar-refractivity contribution in [3.8, 4) is 22.6 Å². The molecule has 33 heavy (non-hydrogen) atoms. The third-order valence-corrected chi connectivity index (χ3v) is 5.08. The minimum Gasteiger partial charge on any atom is -0.308 e. The number of para-hydroxylation sites is 1. The van der Waals surface area contributed by atoms with E-state index in [1.54, 1.807) is 24.3 Å². The molecular formula is C25H22FN5O2. The Hall–Kier alpha value is -4.33. The predicted octanol–water partition coefficient (Wildman–Crippen LogP) is 5.41. The van der Waals surface area contributed by atoms with Crippen molar-refractivity contribution in [1.29, 1.82) is 0 Å². The van der Waals surface area contributed by atoms with Crippen molar-refractivity contribution in [2.75, 3.05) is 10.6 Å². The van der Waals surface area contributed by atoms with Crippen LogP contribution in [0.5, 0.6) is 0 Å². The average molecular weight is 443 g/mol. The van der Waals surface area contributed by atoms with E-state index in [0.29, 0.717) is 28.4 Å². The summed E-state index contributed by atoms with van der Waals surface area (Å²) in [5, 5.41) is 13.7. The lowest BCUT2D eigenvalue weighted by Gasteiger charge is -2.12. The minimum absolute atomic E-state index is 0.216. The van der Waals surface area contributed by atoms with Gasteiger partial charge in [-0.2, -0.15) is 0 Å². The van der Waals surface area contributed by atoms with Crippen molar-refractivity contribution >= 4 is 17.4 Å². The topological polar surface area (TPSA) is 99.8 Å². The van der Waals surface area contributed by atoms with E-state index in [4.69, 9.17) is 0 Å². The van der Waals surface area contributed by atoms with Crippen LogP contribution in [0.15, 0.2) is 77.6 Å². The molecule has 0 unspecified atom stereocenters. The third kappa shape index (κ3) is 5.12. The summed E-state index contributed by atoms with van der Waals surface area (Å²) < 4.78 is 13.1. The molecule has 0 fully saturated rings. The number of rotatable bonds is 5. The van der Waals surface area contributed by atoms with Gasteiger partial charge in [0.05, 0.1) is 5.69 Å². The fraction of sp³-hybridized carbons (Fsp3) is 0.120. The summed E-state index contributed by atoms with van der Waals surface area (Å²) in [6.07, 6.45) is 0. The Morgan fingerprint density at radius 2 is 1.61 bits per heavy atom. The summed E-state index contributed by atoms with van der Waals surface area (Å²) >= 11 is 0. The molecule has 3 N–H and O–H groups in total. The largest absolute Gasteiger partial charge is 0.323 e. The van der Waals surface area contributed by atoms with Crippen LogP contribution >= 0.6 is 0 Å². The number of hydrogen-bond acceptors (Lipinski definition) is 4. The number of hydrogen-bond donors (Lipinski definition) is 3. The van der Waals surface area contributed by atoms with Crippen LogP contribution in [0.2, 0.25) is 0 Å². The van der Waals surface area contributed by atoms with Crippen molar-refractivity contribution in [3.63, 3.8) is 0 Å². The molecule has 0 aliphatic heterocycles. The Labute approximate surface area is 189 Å². The van der Waals surface area contributed by atoms with Gasteiger partial charge < -0.3 is 15.6 Å². The molecule has 4 aromatic rings. The van der Waals surface area contributed by atoms with Crippen molar-refractivity contribution in [3.05, 3.63) is 94.5 Å². The first-order valence-corrected chi connectivity index (χ1v) is 10.4. The van der Waals surface area contributed by atoms with E-state index in [0.717, 1.165) is 0 Å². The number of benzene rings is 3. The number of halogens is 1. The first kappa shape index (κ1) is 21.9. The van der Waals surface area contributed by atoms with Crippen LogP contribution in [0.4, 0.5) is 20.6 Å². The van der Waals surface area contributed by atoms with Gasteiger partial charge in [0.25, 0.3) is 5.56 Å². The zero-order valence-corrected chi connectivity index (χ0v) is 18.1. The molecule has 0 aliphatic rings. The highest BCUT2D eigenvalue weighted by atomic mass is 19.1. The monoisotopic (exact) mass is 443 g/mol. The zero-order valence-electron chi connectivity index (χ0n) is 18.1. The normalized spacial score (nSPS) is 10.8. The maximum Gasteiger partial charge on any atom is 0.323 e. The highest BCUT2D eigenvalue weighted by molar-refractivity contribution is 6.01. The van der Waals surface area contributed by atoms with Gasteiger partial charge in [-0.25, -0.2) is 9.18 Å². The number of nitrogens with one attached hydrogen (secondary N) is 3. The quantitative estimate of drug-likeness (QED) is 0.384. The summed E-state index contributed by atoms with van der Waals surface area (Å²) in [4.78, 5) is 27.9. The number of anilines is 2. The second-order valence-electron chi connectivity index (χ2n) is 7.76. The van der Waals surface area contributed by atoms with E-state index in [9.17, 15) is 14.0 Å². The lowest BCUT2D eigenvalue weighted by Crippen LogP contribution is -2.20. The van der Waals surface area contributed by atoms with Crippen LogP contribution in [-0.2, 0) is 0 Å². The lowest BCUT2D eigenvalue weighted by molar-refractivity contribution is 0.262. The molecule has 3 aromatic carbocycles. The summed E-state index contributed by atoms with van der Waals surface area (Å²) in [6, 6.07) is 19.4. The Kier molecular flexibility index (Phi) is 6.26. The van der Waals surface area contributed by atoms with Gasteiger partial charge in [-0.1, -0.05) is 50.2 Å². The Morgan fingerprint density at radius 1 is 0.909 bits per heavy atom. The molecule has 1 aromatic heterocycles. The summed E-state index contributed by atoms with van der Waals surface area (Å²) in [7, 11) is 0. The number of amides is 2. The molecule has 0 aliphatic carbocycles. The number of urea groups is 1. The SMILES string of the molecule is CC(C)c1ccc(-c2nnc(-c3ccccc3NC(=O)Nc3ccc(F)cc3)[nH]c2=O)cc1. The van der Waals surface area contributed by atoms with Gasteiger partial charge in [0, 0.05) is 16.8 Å². The van der Waals surface area contributed by atoms with Crippen LogP contribution in [-0.4, -0.2) is 21.2 Å². The van der Waals surface area contributed by atoms with Crippen molar-refractivity contribution in [2.45, 2.75) is 19.8 Å². The van der Waals surface area contributed by atoms with Gasteiger partial charge >= 0.3 is 6.03 Å². The second kappa shape index (κ2) is 9.44. The first-order chi connectivity index (χ1) is 15.9. The number of nitrogens with zero attached hydrogens (tertiary/aromatic N) is 2. The molecule has 1 heterocycles. The van der Waals surface area contributed by atoms with E-state index in [1.165, 1.54) is 29.8 Å². The van der Waals surface area contributed by atoms with Crippen LogP contribution in [0.25, 0.3) is 22.6 Å². The molecule has 166 valence electrons. The molecule has 0 spiro atoms. The van der Waals surface area contributed by atoms with Gasteiger partial charge in [-0.15, -0.1) is 10.2 Å². The van der Waals surface area contributed by atoms with Crippen LogP contribution < -0.4 is 16.2 Å². The number of H-pyrrole nitrogens is 1. The maximum absolute atomic E-state index is 13.1. The fourth-order valence-electron chi connectivity index (χ4n) is 3.29.